The molecule has 0 aromatic heterocycles. The molecule has 7 heteroatoms. The molecule has 0 spiro atoms. The van der Waals surface area contributed by atoms with Crippen molar-refractivity contribution in [3.63, 3.8) is 0 Å². The Kier molecular flexibility index (Phi) is 6.84. The zero-order valence-electron chi connectivity index (χ0n) is 12.3. The molecule has 0 radical (unpaired) electrons. The molecule has 21 heavy (non-hydrogen) atoms. The third-order valence-electron chi connectivity index (χ3n) is 3.53. The molecule has 0 aliphatic carbocycles. The van der Waals surface area contributed by atoms with Crippen LogP contribution < -0.4 is 5.32 Å². The van der Waals surface area contributed by atoms with Gasteiger partial charge in [-0.05, 0) is 18.8 Å². The maximum Gasteiger partial charge on any atom is 0.303 e. The van der Waals surface area contributed by atoms with Gasteiger partial charge < -0.3 is 10.4 Å². The molecule has 2 N–H and O–H groups in total. The van der Waals surface area contributed by atoms with Gasteiger partial charge in [-0.1, -0.05) is 6.92 Å². The number of nitrogens with one attached hydrogen (secondary N) is 1. The quantitative estimate of drug-likeness (QED) is 0.604. The third-order valence-corrected chi connectivity index (χ3v) is 3.53. The Bertz CT molecular complexity index is 406. The van der Waals surface area contributed by atoms with Crippen LogP contribution in [-0.2, 0) is 19.2 Å². The van der Waals surface area contributed by atoms with Crippen molar-refractivity contribution in [1.29, 1.82) is 0 Å². The number of hydrogen-bond donors (Lipinski definition) is 2. The third kappa shape index (κ3) is 6.37. The van der Waals surface area contributed by atoms with Crippen LogP contribution in [0.1, 0.15) is 45.4 Å². The zero-order valence-corrected chi connectivity index (χ0v) is 12.3. The lowest BCUT2D eigenvalue weighted by Crippen LogP contribution is -2.34. The summed E-state index contributed by atoms with van der Waals surface area (Å²) in [6.07, 6.45) is 2.01. The Hall–Kier alpha value is -1.92. The molecule has 7 nitrogen and oxygen atoms in total. The zero-order chi connectivity index (χ0) is 15.8. The minimum Gasteiger partial charge on any atom is -0.481 e. The number of carboxylic acid groups (broad SMARTS) is 1. The van der Waals surface area contributed by atoms with Gasteiger partial charge in [0.15, 0.2) is 0 Å². The van der Waals surface area contributed by atoms with E-state index in [2.05, 4.69) is 5.32 Å². The fourth-order valence-electron chi connectivity index (χ4n) is 2.15. The molecule has 1 rings (SSSR count). The first-order valence-electron chi connectivity index (χ1n) is 7.22. The summed E-state index contributed by atoms with van der Waals surface area (Å²) < 4.78 is 0. The Morgan fingerprint density at radius 3 is 2.38 bits per heavy atom. The summed E-state index contributed by atoms with van der Waals surface area (Å²) in [5, 5.41) is 11.3. The van der Waals surface area contributed by atoms with Crippen LogP contribution in [-0.4, -0.2) is 46.8 Å². The van der Waals surface area contributed by atoms with Crippen LogP contribution in [0.2, 0.25) is 0 Å². The Labute approximate surface area is 123 Å². The average molecular weight is 298 g/mol. The van der Waals surface area contributed by atoms with Crippen molar-refractivity contribution in [1.82, 2.24) is 10.2 Å². The van der Waals surface area contributed by atoms with Gasteiger partial charge in [0.1, 0.15) is 0 Å². The second-order valence-corrected chi connectivity index (χ2v) is 5.37. The van der Waals surface area contributed by atoms with Crippen LogP contribution in [0, 0.1) is 5.92 Å². The van der Waals surface area contributed by atoms with Crippen molar-refractivity contribution in [3.8, 4) is 0 Å². The number of carbonyl (C=O) groups excluding carboxylic acids is 3. The fourth-order valence-corrected chi connectivity index (χ4v) is 2.15. The number of hydrogen-bond acceptors (Lipinski definition) is 4. The van der Waals surface area contributed by atoms with Gasteiger partial charge in [-0.2, -0.15) is 0 Å². The molecule has 0 aromatic rings. The second kappa shape index (κ2) is 8.39. The lowest BCUT2D eigenvalue weighted by Gasteiger charge is -2.14. The van der Waals surface area contributed by atoms with Gasteiger partial charge in [-0.3, -0.25) is 24.1 Å². The van der Waals surface area contributed by atoms with Gasteiger partial charge in [-0.15, -0.1) is 0 Å². The minimum atomic E-state index is -0.814. The highest BCUT2D eigenvalue weighted by Crippen LogP contribution is 2.12. The largest absolute Gasteiger partial charge is 0.481 e. The number of nitrogens with zero attached hydrogens (tertiary/aromatic N) is 1. The van der Waals surface area contributed by atoms with Gasteiger partial charge in [0, 0.05) is 38.8 Å². The van der Waals surface area contributed by atoms with E-state index in [0.29, 0.717) is 19.4 Å². The first kappa shape index (κ1) is 17.1. The van der Waals surface area contributed by atoms with E-state index in [0.717, 1.165) is 4.90 Å². The molecule has 1 aliphatic heterocycles. The van der Waals surface area contributed by atoms with Crippen LogP contribution in [0.4, 0.5) is 0 Å². The summed E-state index contributed by atoms with van der Waals surface area (Å²) in [6, 6.07) is 0. The van der Waals surface area contributed by atoms with Crippen molar-refractivity contribution in [3.05, 3.63) is 0 Å². The second-order valence-electron chi connectivity index (χ2n) is 5.37. The van der Waals surface area contributed by atoms with E-state index in [1.54, 1.807) is 0 Å². The van der Waals surface area contributed by atoms with Gasteiger partial charge in [0.2, 0.25) is 17.7 Å². The molecule has 3 amide bonds. The molecule has 1 atom stereocenters. The number of rotatable bonds is 9. The molecular weight excluding hydrogens is 276 g/mol. The van der Waals surface area contributed by atoms with Crippen LogP contribution in [0.3, 0.4) is 0 Å². The van der Waals surface area contributed by atoms with E-state index in [9.17, 15) is 19.2 Å². The SMILES string of the molecule is CC(CCNC(=O)CCN1C(=O)CCC1=O)CCC(=O)O. The van der Waals surface area contributed by atoms with E-state index in [1.165, 1.54) is 0 Å². The van der Waals surface area contributed by atoms with Crippen LogP contribution >= 0.6 is 0 Å². The summed E-state index contributed by atoms with van der Waals surface area (Å²) in [4.78, 5) is 45.9. The van der Waals surface area contributed by atoms with E-state index >= 15 is 0 Å². The van der Waals surface area contributed by atoms with Gasteiger partial charge in [-0.25, -0.2) is 0 Å². The highest BCUT2D eigenvalue weighted by molar-refractivity contribution is 6.02. The van der Waals surface area contributed by atoms with Crippen LogP contribution in [0.15, 0.2) is 0 Å². The molecule has 1 aliphatic rings. The molecule has 118 valence electrons. The van der Waals surface area contributed by atoms with Crippen LogP contribution in [0.25, 0.3) is 0 Å². The van der Waals surface area contributed by atoms with E-state index in [4.69, 9.17) is 5.11 Å². The summed E-state index contributed by atoms with van der Waals surface area (Å²) >= 11 is 0. The maximum absolute atomic E-state index is 11.6. The standard InChI is InChI=1S/C14H22N2O5/c1-10(2-5-14(20)21)6-8-15-11(17)7-9-16-12(18)3-4-13(16)19/h10H,2-9H2,1H3,(H,15,17)(H,20,21). The summed E-state index contributed by atoms with van der Waals surface area (Å²) in [5.41, 5.74) is 0. The molecule has 1 unspecified atom stereocenters. The summed E-state index contributed by atoms with van der Waals surface area (Å²) in [6.45, 7) is 2.55. The first-order chi connectivity index (χ1) is 9.90. The van der Waals surface area contributed by atoms with E-state index in [1.807, 2.05) is 6.92 Å². The van der Waals surface area contributed by atoms with Crippen molar-refractivity contribution >= 4 is 23.7 Å². The number of carboxylic acids is 1. The number of imide groups is 1. The summed E-state index contributed by atoms with van der Waals surface area (Å²) in [7, 11) is 0. The van der Waals surface area contributed by atoms with Gasteiger partial charge >= 0.3 is 5.97 Å². The lowest BCUT2D eigenvalue weighted by molar-refractivity contribution is -0.139. The van der Waals surface area contributed by atoms with Crippen LogP contribution in [0.5, 0.6) is 0 Å². The first-order valence-corrected chi connectivity index (χ1v) is 7.22. The van der Waals surface area contributed by atoms with Gasteiger partial charge in [0.05, 0.1) is 0 Å². The van der Waals surface area contributed by atoms with Crippen molar-refractivity contribution in [2.45, 2.75) is 45.4 Å². The number of likely N-dealkylation sites (tertiary alicyclic amines) is 1. The highest BCUT2D eigenvalue weighted by Gasteiger charge is 2.28. The predicted molar refractivity (Wildman–Crippen MR) is 74.2 cm³/mol. The van der Waals surface area contributed by atoms with Gasteiger partial charge in [0.25, 0.3) is 0 Å². The molecule has 1 saturated heterocycles. The Balaban J connectivity index is 2.12. The number of amides is 3. The molecule has 0 saturated carbocycles. The topological polar surface area (TPSA) is 104 Å². The summed E-state index contributed by atoms with van der Waals surface area (Å²) in [5.74, 6) is -1.22. The predicted octanol–water partition coefficient (Wildman–Crippen LogP) is 0.533. The van der Waals surface area contributed by atoms with E-state index < -0.39 is 5.97 Å². The Morgan fingerprint density at radius 1 is 1.19 bits per heavy atom. The lowest BCUT2D eigenvalue weighted by atomic mass is 10.0. The normalized spacial score (nSPS) is 16.1. The monoisotopic (exact) mass is 298 g/mol. The van der Waals surface area contributed by atoms with E-state index in [-0.39, 0.29) is 55.9 Å². The van der Waals surface area contributed by atoms with Crippen molar-refractivity contribution in [2.75, 3.05) is 13.1 Å². The smallest absolute Gasteiger partial charge is 0.303 e. The minimum absolute atomic E-state index is 0.112. The van der Waals surface area contributed by atoms with Crippen molar-refractivity contribution in [2.24, 2.45) is 5.92 Å². The molecule has 1 heterocycles. The fraction of sp³-hybridized carbons (Fsp3) is 0.714. The molecule has 0 aromatic carbocycles. The molecule has 1 fully saturated rings. The maximum atomic E-state index is 11.6. The molecular formula is C14H22N2O5. The number of carbonyl (C=O) groups is 4. The average Bonchev–Trinajstić information content (AvgIpc) is 2.73. The molecule has 0 bridgehead atoms. The Morgan fingerprint density at radius 2 is 1.81 bits per heavy atom. The number of aliphatic carboxylic acids is 1. The highest BCUT2D eigenvalue weighted by atomic mass is 16.4. The van der Waals surface area contributed by atoms with Crippen molar-refractivity contribution < 1.29 is 24.3 Å².